The number of nitrogens with zero attached hydrogens (tertiary/aromatic N) is 1. The van der Waals surface area contributed by atoms with Gasteiger partial charge < -0.3 is 15.0 Å². The number of benzene rings is 3. The molecule has 1 aliphatic rings. The molecular weight excluding hydrogens is 461 g/mol. The zero-order valence-electron chi connectivity index (χ0n) is 22.4. The van der Waals surface area contributed by atoms with Crippen molar-refractivity contribution in [1.29, 1.82) is 0 Å². The SMILES string of the molecule is C/C=C(\N/C(=C\C)C(C)C)c1ccc(-c2ccc3c(c2)COc2c-3ccc3[nH]c(C(C)C)nc23)cc1F. The van der Waals surface area contributed by atoms with E-state index >= 15 is 4.39 Å². The smallest absolute Gasteiger partial charge is 0.155 e. The third-order valence-corrected chi connectivity index (χ3v) is 7.03. The van der Waals surface area contributed by atoms with Crippen LogP contribution >= 0.6 is 0 Å². The van der Waals surface area contributed by atoms with Crippen molar-refractivity contribution in [1.82, 2.24) is 15.3 Å². The van der Waals surface area contributed by atoms with E-state index in [1.54, 1.807) is 6.07 Å². The number of aromatic nitrogens is 2. The molecular formula is C32H34FN3O. The summed E-state index contributed by atoms with van der Waals surface area (Å²) in [5.41, 5.74) is 9.32. The molecule has 0 atom stereocenters. The van der Waals surface area contributed by atoms with E-state index in [0.29, 0.717) is 24.0 Å². The average molecular weight is 496 g/mol. The van der Waals surface area contributed by atoms with Gasteiger partial charge in [-0.2, -0.15) is 0 Å². The van der Waals surface area contributed by atoms with Gasteiger partial charge in [0.1, 0.15) is 23.8 Å². The molecule has 2 N–H and O–H groups in total. The molecule has 0 saturated heterocycles. The highest BCUT2D eigenvalue weighted by atomic mass is 19.1. The van der Waals surface area contributed by atoms with Crippen LogP contribution in [0.15, 0.2) is 66.4 Å². The van der Waals surface area contributed by atoms with Gasteiger partial charge in [-0.05, 0) is 72.4 Å². The molecule has 5 heteroatoms. The van der Waals surface area contributed by atoms with Crippen LogP contribution in [0.2, 0.25) is 0 Å². The van der Waals surface area contributed by atoms with E-state index in [9.17, 15) is 0 Å². The van der Waals surface area contributed by atoms with Crippen molar-refractivity contribution in [2.24, 2.45) is 5.92 Å². The quantitative estimate of drug-likeness (QED) is 0.282. The molecule has 0 fully saturated rings. The zero-order chi connectivity index (χ0) is 26.3. The highest BCUT2D eigenvalue weighted by Gasteiger charge is 2.23. The van der Waals surface area contributed by atoms with E-state index in [-0.39, 0.29) is 5.82 Å². The van der Waals surface area contributed by atoms with Crippen LogP contribution in [-0.4, -0.2) is 9.97 Å². The molecule has 4 aromatic rings. The van der Waals surface area contributed by atoms with Crippen molar-refractivity contribution in [2.45, 2.75) is 54.1 Å². The van der Waals surface area contributed by atoms with Crippen molar-refractivity contribution < 1.29 is 9.13 Å². The van der Waals surface area contributed by atoms with Gasteiger partial charge in [0.2, 0.25) is 0 Å². The average Bonchev–Trinajstić information content (AvgIpc) is 3.34. The van der Waals surface area contributed by atoms with Gasteiger partial charge in [-0.15, -0.1) is 0 Å². The van der Waals surface area contributed by atoms with Crippen LogP contribution in [0.1, 0.15) is 64.4 Å². The summed E-state index contributed by atoms with van der Waals surface area (Å²) in [5.74, 6) is 2.17. The lowest BCUT2D eigenvalue weighted by Gasteiger charge is -2.22. The molecule has 1 aromatic heterocycles. The van der Waals surface area contributed by atoms with Gasteiger partial charge in [-0.3, -0.25) is 0 Å². The minimum atomic E-state index is -0.251. The molecule has 0 radical (unpaired) electrons. The summed E-state index contributed by atoms with van der Waals surface area (Å²) in [6.45, 7) is 12.9. The number of ether oxygens (including phenoxy) is 1. The molecule has 37 heavy (non-hydrogen) atoms. The summed E-state index contributed by atoms with van der Waals surface area (Å²) in [6.07, 6.45) is 3.95. The highest BCUT2D eigenvalue weighted by Crippen LogP contribution is 2.43. The molecule has 2 heterocycles. The van der Waals surface area contributed by atoms with Crippen LogP contribution in [0.5, 0.6) is 5.75 Å². The Bertz CT molecular complexity index is 1540. The molecule has 0 spiro atoms. The number of halogens is 1. The summed E-state index contributed by atoms with van der Waals surface area (Å²) >= 11 is 0. The van der Waals surface area contributed by atoms with Gasteiger partial charge in [0.25, 0.3) is 0 Å². The molecule has 1 aliphatic heterocycles. The van der Waals surface area contributed by atoms with E-state index in [0.717, 1.165) is 61.8 Å². The Hall–Kier alpha value is -3.86. The Morgan fingerprint density at radius 3 is 2.38 bits per heavy atom. The van der Waals surface area contributed by atoms with E-state index < -0.39 is 0 Å². The van der Waals surface area contributed by atoms with E-state index in [4.69, 9.17) is 9.72 Å². The predicted molar refractivity (Wildman–Crippen MR) is 151 cm³/mol. The van der Waals surface area contributed by atoms with E-state index in [1.807, 2.05) is 38.1 Å². The Kier molecular flexibility index (Phi) is 6.63. The number of hydrogen-bond donors (Lipinski definition) is 2. The first kappa shape index (κ1) is 24.8. The first-order chi connectivity index (χ1) is 17.8. The molecule has 0 unspecified atom stereocenters. The third kappa shape index (κ3) is 4.55. The summed E-state index contributed by atoms with van der Waals surface area (Å²) in [7, 11) is 0. The minimum absolute atomic E-state index is 0.251. The normalized spacial score (nSPS) is 13.6. The van der Waals surface area contributed by atoms with Crippen molar-refractivity contribution in [3.05, 3.63) is 89.1 Å². The molecule has 5 rings (SSSR count). The van der Waals surface area contributed by atoms with Gasteiger partial charge in [0, 0.05) is 28.4 Å². The van der Waals surface area contributed by atoms with Crippen LogP contribution in [0.25, 0.3) is 39.0 Å². The first-order valence-corrected chi connectivity index (χ1v) is 13.0. The second-order valence-electron chi connectivity index (χ2n) is 10.2. The van der Waals surface area contributed by atoms with Crippen molar-refractivity contribution in [3.63, 3.8) is 0 Å². The van der Waals surface area contributed by atoms with E-state index in [1.165, 1.54) is 0 Å². The molecule has 3 aromatic carbocycles. The predicted octanol–water partition coefficient (Wildman–Crippen LogP) is 8.56. The maximum Gasteiger partial charge on any atom is 0.155 e. The Balaban J connectivity index is 1.47. The molecule has 0 amide bonds. The number of hydrogen-bond acceptors (Lipinski definition) is 3. The fraction of sp³-hybridized carbons (Fsp3) is 0.281. The number of rotatable bonds is 6. The Morgan fingerprint density at radius 2 is 1.70 bits per heavy atom. The fourth-order valence-corrected chi connectivity index (χ4v) is 4.92. The third-order valence-electron chi connectivity index (χ3n) is 7.03. The molecule has 0 bridgehead atoms. The Morgan fingerprint density at radius 1 is 0.973 bits per heavy atom. The number of aromatic amines is 1. The minimum Gasteiger partial charge on any atom is -0.486 e. The first-order valence-electron chi connectivity index (χ1n) is 13.0. The lowest BCUT2D eigenvalue weighted by atomic mass is 9.92. The number of imidazole rings is 1. The maximum atomic E-state index is 15.3. The Labute approximate surface area is 218 Å². The monoisotopic (exact) mass is 495 g/mol. The number of nitrogens with one attached hydrogen (secondary N) is 2. The van der Waals surface area contributed by atoms with Gasteiger partial charge in [-0.25, -0.2) is 9.37 Å². The fourth-order valence-electron chi connectivity index (χ4n) is 4.92. The topological polar surface area (TPSA) is 49.9 Å². The summed E-state index contributed by atoms with van der Waals surface area (Å²) < 4.78 is 21.6. The second kappa shape index (κ2) is 9.89. The van der Waals surface area contributed by atoms with Gasteiger partial charge in [-0.1, -0.05) is 58.0 Å². The maximum absolute atomic E-state index is 15.3. The lowest BCUT2D eigenvalue weighted by Crippen LogP contribution is -2.16. The molecule has 4 nitrogen and oxygen atoms in total. The van der Waals surface area contributed by atoms with Crippen LogP contribution in [0, 0.1) is 11.7 Å². The van der Waals surface area contributed by atoms with Crippen LogP contribution in [0.3, 0.4) is 0 Å². The van der Waals surface area contributed by atoms with Gasteiger partial charge in [0.05, 0.1) is 5.52 Å². The largest absolute Gasteiger partial charge is 0.486 e. The van der Waals surface area contributed by atoms with Crippen molar-refractivity contribution >= 4 is 16.7 Å². The van der Waals surface area contributed by atoms with E-state index in [2.05, 4.69) is 68.3 Å². The van der Waals surface area contributed by atoms with Crippen LogP contribution in [0.4, 0.5) is 4.39 Å². The van der Waals surface area contributed by atoms with Crippen LogP contribution in [-0.2, 0) is 6.61 Å². The zero-order valence-corrected chi connectivity index (χ0v) is 22.4. The highest BCUT2D eigenvalue weighted by molar-refractivity contribution is 5.92. The van der Waals surface area contributed by atoms with Crippen molar-refractivity contribution in [2.75, 3.05) is 0 Å². The number of H-pyrrole nitrogens is 1. The molecule has 0 saturated carbocycles. The van der Waals surface area contributed by atoms with Gasteiger partial charge in [0.15, 0.2) is 5.75 Å². The molecule has 0 aliphatic carbocycles. The van der Waals surface area contributed by atoms with Gasteiger partial charge >= 0.3 is 0 Å². The summed E-state index contributed by atoms with van der Waals surface area (Å²) in [5, 5.41) is 3.40. The van der Waals surface area contributed by atoms with Crippen LogP contribution < -0.4 is 10.1 Å². The standard InChI is InChI=1S/C32H34FN3O/c1-7-27(18(3)4)34-28(8-2)25-12-10-21(16-26(25)33)20-9-11-23-22(15-20)17-37-31-24(23)13-14-29-30(31)36-32(35-29)19(5)6/h7-16,18-19,34H,17H2,1-6H3,(H,35,36)/b27-7-,28-8-. The number of allylic oxidation sites excluding steroid dienone is 3. The lowest BCUT2D eigenvalue weighted by molar-refractivity contribution is 0.305. The second-order valence-corrected chi connectivity index (χ2v) is 10.2. The molecule has 190 valence electrons. The van der Waals surface area contributed by atoms with Crippen molar-refractivity contribution in [3.8, 4) is 28.0 Å². The number of fused-ring (bicyclic) bond motifs is 5. The summed E-state index contributed by atoms with van der Waals surface area (Å²) in [6, 6.07) is 15.9. The summed E-state index contributed by atoms with van der Waals surface area (Å²) in [4.78, 5) is 8.20.